The molecule has 0 bridgehead atoms. The molecule has 0 aromatic rings. The van der Waals surface area contributed by atoms with E-state index in [1.165, 1.54) is 0 Å². The molecule has 0 atom stereocenters. The Morgan fingerprint density at radius 3 is 1.36 bits per heavy atom. The van der Waals surface area contributed by atoms with Gasteiger partial charge in [-0.3, -0.25) is 0 Å². The maximum atomic E-state index is 8.64. The fourth-order valence-electron chi connectivity index (χ4n) is 1.25. The lowest BCUT2D eigenvalue weighted by atomic mass is 10.4. The van der Waals surface area contributed by atoms with Crippen LogP contribution < -0.4 is 0 Å². The first kappa shape index (κ1) is 13.8. The van der Waals surface area contributed by atoms with Crippen molar-refractivity contribution in [2.45, 2.75) is 12.8 Å². The molecule has 2 N–H and O–H groups in total. The minimum atomic E-state index is 0.269. The second kappa shape index (κ2) is 9.40. The third-order valence-electron chi connectivity index (χ3n) is 2.26. The summed E-state index contributed by atoms with van der Waals surface area (Å²) in [6.45, 7) is 4.47. The van der Waals surface area contributed by atoms with Crippen molar-refractivity contribution in [2.75, 3.05) is 53.5 Å². The van der Waals surface area contributed by atoms with Crippen LogP contribution in [0.3, 0.4) is 0 Å². The topological polar surface area (TPSA) is 46.9 Å². The number of nitrogens with zero attached hydrogens (tertiary/aromatic N) is 2. The Morgan fingerprint density at radius 2 is 1.07 bits per heavy atom. The van der Waals surface area contributed by atoms with Crippen LogP contribution in [0.2, 0.25) is 0 Å². The Labute approximate surface area is 87.1 Å². The molecule has 0 spiro atoms. The zero-order valence-electron chi connectivity index (χ0n) is 9.45. The molecule has 0 aromatic carbocycles. The van der Waals surface area contributed by atoms with E-state index < -0.39 is 0 Å². The summed E-state index contributed by atoms with van der Waals surface area (Å²) in [5.74, 6) is 0. The van der Waals surface area contributed by atoms with Crippen molar-refractivity contribution < 1.29 is 10.2 Å². The van der Waals surface area contributed by atoms with E-state index in [0.29, 0.717) is 0 Å². The molecule has 14 heavy (non-hydrogen) atoms. The molecule has 0 fully saturated rings. The first-order valence-corrected chi connectivity index (χ1v) is 5.29. The number of aliphatic hydroxyl groups excluding tert-OH is 2. The van der Waals surface area contributed by atoms with Crippen molar-refractivity contribution >= 4 is 0 Å². The van der Waals surface area contributed by atoms with Crippen molar-refractivity contribution in [3.63, 3.8) is 0 Å². The highest BCUT2D eigenvalue weighted by Crippen LogP contribution is 1.90. The Kier molecular flexibility index (Phi) is 9.29. The molecule has 0 saturated heterocycles. The van der Waals surface area contributed by atoms with Gasteiger partial charge in [-0.05, 0) is 26.9 Å². The van der Waals surface area contributed by atoms with Gasteiger partial charge in [0, 0.05) is 39.4 Å². The largest absolute Gasteiger partial charge is 0.396 e. The molecule has 0 rings (SSSR count). The average Bonchev–Trinajstić information content (AvgIpc) is 2.20. The Balaban J connectivity index is 3.31. The number of hydrogen-bond acceptors (Lipinski definition) is 4. The highest BCUT2D eigenvalue weighted by Gasteiger charge is 2.01. The van der Waals surface area contributed by atoms with Crippen molar-refractivity contribution in [1.29, 1.82) is 0 Å². The van der Waals surface area contributed by atoms with E-state index in [4.69, 9.17) is 10.2 Å². The molecular formula is C10H24N2O2. The van der Waals surface area contributed by atoms with Crippen LogP contribution in [0, 0.1) is 0 Å². The standard InChI is InChI=1S/C10H24N2O2/c1-11(5-3-9-13)7-8-12(2)6-4-10-14/h13-14H,3-10H2,1-2H3. The summed E-state index contributed by atoms with van der Waals surface area (Å²) in [6.07, 6.45) is 1.69. The highest BCUT2D eigenvalue weighted by atomic mass is 16.3. The Bertz CT molecular complexity index is 109. The van der Waals surface area contributed by atoms with Gasteiger partial charge < -0.3 is 20.0 Å². The fourth-order valence-corrected chi connectivity index (χ4v) is 1.25. The quantitative estimate of drug-likeness (QED) is 0.537. The van der Waals surface area contributed by atoms with Gasteiger partial charge in [0.2, 0.25) is 0 Å². The predicted octanol–water partition coefficient (Wildman–Crippen LogP) is -0.385. The Morgan fingerprint density at radius 1 is 0.714 bits per heavy atom. The molecule has 0 heterocycles. The van der Waals surface area contributed by atoms with Gasteiger partial charge in [0.25, 0.3) is 0 Å². The molecule has 4 nitrogen and oxygen atoms in total. The summed E-state index contributed by atoms with van der Waals surface area (Å²) in [5.41, 5.74) is 0. The summed E-state index contributed by atoms with van der Waals surface area (Å²) in [7, 11) is 4.13. The summed E-state index contributed by atoms with van der Waals surface area (Å²) >= 11 is 0. The van der Waals surface area contributed by atoms with E-state index in [9.17, 15) is 0 Å². The van der Waals surface area contributed by atoms with Gasteiger partial charge in [-0.2, -0.15) is 0 Å². The molecule has 86 valence electrons. The monoisotopic (exact) mass is 204 g/mol. The fraction of sp³-hybridized carbons (Fsp3) is 1.00. The summed E-state index contributed by atoms with van der Waals surface area (Å²) in [4.78, 5) is 4.43. The molecule has 0 amide bonds. The van der Waals surface area contributed by atoms with Crippen LogP contribution in [0.1, 0.15) is 12.8 Å². The second-order valence-electron chi connectivity index (χ2n) is 3.76. The van der Waals surface area contributed by atoms with Crippen LogP contribution in [0.15, 0.2) is 0 Å². The third kappa shape index (κ3) is 8.44. The van der Waals surface area contributed by atoms with Gasteiger partial charge in [-0.25, -0.2) is 0 Å². The molecular weight excluding hydrogens is 180 g/mol. The predicted molar refractivity (Wildman–Crippen MR) is 58.4 cm³/mol. The van der Waals surface area contributed by atoms with E-state index in [-0.39, 0.29) is 13.2 Å². The van der Waals surface area contributed by atoms with Gasteiger partial charge in [0.05, 0.1) is 0 Å². The minimum absolute atomic E-state index is 0.269. The van der Waals surface area contributed by atoms with E-state index >= 15 is 0 Å². The van der Waals surface area contributed by atoms with Crippen LogP contribution in [0.4, 0.5) is 0 Å². The number of rotatable bonds is 9. The highest BCUT2D eigenvalue weighted by molar-refractivity contribution is 4.56. The van der Waals surface area contributed by atoms with Crippen molar-refractivity contribution in [3.05, 3.63) is 0 Å². The van der Waals surface area contributed by atoms with Crippen LogP contribution in [-0.4, -0.2) is 73.5 Å². The normalized spacial score (nSPS) is 11.6. The molecule has 4 heteroatoms. The smallest absolute Gasteiger partial charge is 0.0443 e. The first-order valence-electron chi connectivity index (χ1n) is 5.29. The third-order valence-corrected chi connectivity index (χ3v) is 2.26. The summed E-state index contributed by atoms with van der Waals surface area (Å²) in [6, 6.07) is 0. The van der Waals surface area contributed by atoms with Crippen LogP contribution in [-0.2, 0) is 0 Å². The van der Waals surface area contributed by atoms with E-state index in [1.807, 2.05) is 0 Å². The lowest BCUT2D eigenvalue weighted by molar-refractivity contribution is 0.212. The maximum absolute atomic E-state index is 8.64. The van der Waals surface area contributed by atoms with Crippen molar-refractivity contribution in [3.8, 4) is 0 Å². The number of likely N-dealkylation sites (N-methyl/N-ethyl adjacent to an activating group) is 2. The minimum Gasteiger partial charge on any atom is -0.396 e. The lowest BCUT2D eigenvalue weighted by Crippen LogP contribution is -2.32. The molecule has 0 radical (unpaired) electrons. The van der Waals surface area contributed by atoms with Gasteiger partial charge >= 0.3 is 0 Å². The molecule has 0 aromatic heterocycles. The summed E-state index contributed by atoms with van der Waals surface area (Å²) in [5, 5.41) is 17.3. The maximum Gasteiger partial charge on any atom is 0.0443 e. The van der Waals surface area contributed by atoms with Crippen molar-refractivity contribution in [1.82, 2.24) is 9.80 Å². The lowest BCUT2D eigenvalue weighted by Gasteiger charge is -2.21. The van der Waals surface area contributed by atoms with E-state index in [0.717, 1.165) is 39.0 Å². The van der Waals surface area contributed by atoms with Crippen molar-refractivity contribution in [2.24, 2.45) is 0 Å². The summed E-state index contributed by atoms with van der Waals surface area (Å²) < 4.78 is 0. The number of aliphatic hydroxyl groups is 2. The molecule has 0 unspecified atom stereocenters. The van der Waals surface area contributed by atoms with E-state index in [2.05, 4.69) is 23.9 Å². The molecule has 0 aliphatic rings. The second-order valence-corrected chi connectivity index (χ2v) is 3.76. The van der Waals surface area contributed by atoms with Gasteiger partial charge in [-0.15, -0.1) is 0 Å². The molecule has 0 aliphatic carbocycles. The molecule has 0 aliphatic heterocycles. The zero-order chi connectivity index (χ0) is 10.8. The van der Waals surface area contributed by atoms with Gasteiger partial charge in [-0.1, -0.05) is 0 Å². The molecule has 0 saturated carbocycles. The van der Waals surface area contributed by atoms with Crippen LogP contribution in [0.5, 0.6) is 0 Å². The van der Waals surface area contributed by atoms with E-state index in [1.54, 1.807) is 0 Å². The number of hydrogen-bond donors (Lipinski definition) is 2. The zero-order valence-corrected chi connectivity index (χ0v) is 9.45. The Hall–Kier alpha value is -0.160. The average molecular weight is 204 g/mol. The van der Waals surface area contributed by atoms with Gasteiger partial charge in [0.15, 0.2) is 0 Å². The van der Waals surface area contributed by atoms with Crippen LogP contribution in [0.25, 0.3) is 0 Å². The SMILES string of the molecule is CN(CCCO)CCN(C)CCCO. The van der Waals surface area contributed by atoms with Crippen LogP contribution >= 0.6 is 0 Å². The first-order chi connectivity index (χ1) is 6.70. The van der Waals surface area contributed by atoms with Gasteiger partial charge in [0.1, 0.15) is 0 Å².